The molecule has 1 aromatic carbocycles. The van der Waals surface area contributed by atoms with E-state index in [0.29, 0.717) is 31.3 Å². The summed E-state index contributed by atoms with van der Waals surface area (Å²) in [5, 5.41) is 0. The third kappa shape index (κ3) is 4.73. The van der Waals surface area contributed by atoms with Crippen LogP contribution in [0.3, 0.4) is 0 Å². The predicted octanol–water partition coefficient (Wildman–Crippen LogP) is 4.20. The van der Waals surface area contributed by atoms with Crippen LogP contribution in [0.15, 0.2) is 35.9 Å². The number of rotatable bonds is 4. The molecule has 0 spiro atoms. The van der Waals surface area contributed by atoms with Crippen LogP contribution in [0.2, 0.25) is 0 Å². The first-order chi connectivity index (χ1) is 11.2. The Morgan fingerprint density at radius 3 is 2.25 bits per heavy atom. The SMILES string of the molecule is CC(=O)Cc1ccccc1C1CC(=O)C(=CCC(C)(C)C)C(=O)C1. The minimum atomic E-state index is -0.118. The van der Waals surface area contributed by atoms with E-state index in [1.165, 1.54) is 0 Å². The molecule has 2 rings (SSSR count). The second-order valence-electron chi connectivity index (χ2n) is 7.91. The number of allylic oxidation sites excluding steroid dienone is 2. The normalized spacial score (nSPS) is 18.7. The smallest absolute Gasteiger partial charge is 0.166 e. The van der Waals surface area contributed by atoms with Crippen LogP contribution in [0.25, 0.3) is 0 Å². The second-order valence-corrected chi connectivity index (χ2v) is 7.91. The van der Waals surface area contributed by atoms with E-state index in [0.717, 1.165) is 11.1 Å². The van der Waals surface area contributed by atoms with Crippen molar-refractivity contribution in [3.63, 3.8) is 0 Å². The molecule has 3 heteroatoms. The number of hydrogen-bond acceptors (Lipinski definition) is 3. The standard InChI is InChI=1S/C21H26O3/c1-14(22)11-15-7-5-6-8-17(15)16-12-19(23)18(20(24)13-16)9-10-21(2,3)4/h5-9,16H,10-13H2,1-4H3. The zero-order valence-electron chi connectivity index (χ0n) is 15.0. The van der Waals surface area contributed by atoms with Gasteiger partial charge in [0.1, 0.15) is 5.78 Å². The number of carbonyl (C=O) groups excluding carboxylic acids is 3. The minimum absolute atomic E-state index is 0.0541. The molecule has 0 radical (unpaired) electrons. The van der Waals surface area contributed by atoms with E-state index >= 15 is 0 Å². The molecular formula is C21H26O3. The first-order valence-corrected chi connectivity index (χ1v) is 8.51. The summed E-state index contributed by atoms with van der Waals surface area (Å²) < 4.78 is 0. The average molecular weight is 326 g/mol. The number of carbonyl (C=O) groups is 3. The van der Waals surface area contributed by atoms with Crippen molar-refractivity contribution in [2.75, 3.05) is 0 Å². The molecule has 0 aromatic heterocycles. The van der Waals surface area contributed by atoms with Gasteiger partial charge < -0.3 is 0 Å². The van der Waals surface area contributed by atoms with Crippen LogP contribution in [0.5, 0.6) is 0 Å². The fourth-order valence-corrected chi connectivity index (χ4v) is 3.11. The van der Waals surface area contributed by atoms with Gasteiger partial charge in [0.15, 0.2) is 11.6 Å². The van der Waals surface area contributed by atoms with Crippen LogP contribution in [-0.4, -0.2) is 17.3 Å². The topological polar surface area (TPSA) is 51.2 Å². The van der Waals surface area contributed by atoms with E-state index in [1.54, 1.807) is 6.92 Å². The van der Waals surface area contributed by atoms with Crippen molar-refractivity contribution in [3.8, 4) is 0 Å². The van der Waals surface area contributed by atoms with Gasteiger partial charge in [-0.25, -0.2) is 0 Å². The molecule has 0 aliphatic heterocycles. The maximum absolute atomic E-state index is 12.5. The summed E-state index contributed by atoms with van der Waals surface area (Å²) in [4.78, 5) is 36.4. The largest absolute Gasteiger partial charge is 0.300 e. The summed E-state index contributed by atoms with van der Waals surface area (Å²) in [6.45, 7) is 7.81. The van der Waals surface area contributed by atoms with Crippen molar-refractivity contribution in [3.05, 3.63) is 47.0 Å². The molecule has 0 atom stereocenters. The summed E-state index contributed by atoms with van der Waals surface area (Å²) in [7, 11) is 0. The van der Waals surface area contributed by atoms with Crippen LogP contribution < -0.4 is 0 Å². The maximum atomic E-state index is 12.5. The quantitative estimate of drug-likeness (QED) is 0.615. The van der Waals surface area contributed by atoms with E-state index in [2.05, 4.69) is 20.8 Å². The summed E-state index contributed by atoms with van der Waals surface area (Å²) in [6.07, 6.45) is 3.56. The summed E-state index contributed by atoms with van der Waals surface area (Å²) in [5.41, 5.74) is 2.31. The van der Waals surface area contributed by atoms with Crippen LogP contribution >= 0.6 is 0 Å². The summed E-state index contributed by atoms with van der Waals surface area (Å²) >= 11 is 0. The highest BCUT2D eigenvalue weighted by Crippen LogP contribution is 2.34. The Morgan fingerprint density at radius 2 is 1.71 bits per heavy atom. The zero-order chi connectivity index (χ0) is 17.9. The van der Waals surface area contributed by atoms with Gasteiger partial charge in [-0.1, -0.05) is 51.1 Å². The van der Waals surface area contributed by atoms with Gasteiger partial charge in [0.05, 0.1) is 5.57 Å². The fourth-order valence-electron chi connectivity index (χ4n) is 3.11. The average Bonchev–Trinajstić information content (AvgIpc) is 2.45. The van der Waals surface area contributed by atoms with Crippen LogP contribution in [-0.2, 0) is 20.8 Å². The van der Waals surface area contributed by atoms with Gasteiger partial charge in [-0.05, 0) is 35.8 Å². The molecule has 0 heterocycles. The van der Waals surface area contributed by atoms with E-state index in [9.17, 15) is 14.4 Å². The van der Waals surface area contributed by atoms with Crippen molar-refractivity contribution >= 4 is 17.3 Å². The second kappa shape index (κ2) is 7.25. The summed E-state index contributed by atoms with van der Waals surface area (Å²) in [5.74, 6) is -0.176. The molecule has 0 amide bonds. The lowest BCUT2D eigenvalue weighted by Gasteiger charge is -2.25. The van der Waals surface area contributed by atoms with Gasteiger partial charge >= 0.3 is 0 Å². The van der Waals surface area contributed by atoms with Gasteiger partial charge in [-0.2, -0.15) is 0 Å². The molecule has 1 aliphatic rings. The lowest BCUT2D eigenvalue weighted by Crippen LogP contribution is -2.26. The molecule has 1 fully saturated rings. The van der Waals surface area contributed by atoms with Crippen molar-refractivity contribution < 1.29 is 14.4 Å². The monoisotopic (exact) mass is 326 g/mol. The Balaban J connectivity index is 2.22. The van der Waals surface area contributed by atoms with Crippen LogP contribution in [0, 0.1) is 5.41 Å². The van der Waals surface area contributed by atoms with Crippen molar-refractivity contribution in [1.82, 2.24) is 0 Å². The molecule has 1 aliphatic carbocycles. The van der Waals surface area contributed by atoms with Gasteiger partial charge in [-0.15, -0.1) is 0 Å². The Hall–Kier alpha value is -2.03. The minimum Gasteiger partial charge on any atom is -0.300 e. The molecule has 0 saturated heterocycles. The molecule has 24 heavy (non-hydrogen) atoms. The number of benzene rings is 1. The first-order valence-electron chi connectivity index (χ1n) is 8.51. The van der Waals surface area contributed by atoms with E-state index in [4.69, 9.17) is 0 Å². The molecule has 0 unspecified atom stereocenters. The van der Waals surface area contributed by atoms with E-state index in [1.807, 2.05) is 30.3 Å². The Bertz CT molecular complexity index is 669. The lowest BCUT2D eigenvalue weighted by atomic mass is 9.77. The van der Waals surface area contributed by atoms with E-state index < -0.39 is 0 Å². The highest BCUT2D eigenvalue weighted by Gasteiger charge is 2.32. The van der Waals surface area contributed by atoms with Gasteiger partial charge in [0, 0.05) is 19.3 Å². The van der Waals surface area contributed by atoms with Gasteiger partial charge in [-0.3, -0.25) is 14.4 Å². The fraction of sp³-hybridized carbons (Fsp3) is 0.476. The molecule has 0 N–H and O–H groups in total. The molecule has 1 aromatic rings. The molecule has 128 valence electrons. The van der Waals surface area contributed by atoms with Crippen molar-refractivity contribution in [2.45, 2.75) is 59.3 Å². The molecular weight excluding hydrogens is 300 g/mol. The highest BCUT2D eigenvalue weighted by molar-refractivity contribution is 6.22. The van der Waals surface area contributed by atoms with Crippen molar-refractivity contribution in [2.24, 2.45) is 5.41 Å². The first kappa shape index (κ1) is 18.3. The predicted molar refractivity (Wildman–Crippen MR) is 95.0 cm³/mol. The third-order valence-corrected chi connectivity index (χ3v) is 4.32. The third-order valence-electron chi connectivity index (χ3n) is 4.32. The maximum Gasteiger partial charge on any atom is 0.166 e. The molecule has 1 saturated carbocycles. The molecule has 0 bridgehead atoms. The van der Waals surface area contributed by atoms with Crippen LogP contribution in [0.4, 0.5) is 0 Å². The summed E-state index contributed by atoms with van der Waals surface area (Å²) in [6, 6.07) is 7.64. The highest BCUT2D eigenvalue weighted by atomic mass is 16.2. The number of hydrogen-bond donors (Lipinski definition) is 0. The van der Waals surface area contributed by atoms with E-state index in [-0.39, 0.29) is 28.7 Å². The van der Waals surface area contributed by atoms with Gasteiger partial charge in [0.25, 0.3) is 0 Å². The Kier molecular flexibility index (Phi) is 5.53. The Morgan fingerprint density at radius 1 is 1.12 bits per heavy atom. The number of Topliss-reactive ketones (excluding diaryl/α,β-unsaturated/α-hetero) is 3. The lowest BCUT2D eigenvalue weighted by molar-refractivity contribution is -0.124. The van der Waals surface area contributed by atoms with Crippen LogP contribution in [0.1, 0.15) is 64.0 Å². The van der Waals surface area contributed by atoms with Gasteiger partial charge in [0.2, 0.25) is 0 Å². The van der Waals surface area contributed by atoms with Crippen molar-refractivity contribution in [1.29, 1.82) is 0 Å². The molecule has 3 nitrogen and oxygen atoms in total. The number of ketones is 3. The zero-order valence-corrected chi connectivity index (χ0v) is 15.0. The Labute approximate surface area is 144 Å².